The van der Waals surface area contributed by atoms with Crippen LogP contribution < -0.4 is 9.47 Å². The van der Waals surface area contributed by atoms with E-state index >= 15 is 0 Å². The molecule has 1 aromatic carbocycles. The summed E-state index contributed by atoms with van der Waals surface area (Å²) in [6.07, 6.45) is 0.830. The highest BCUT2D eigenvalue weighted by Gasteiger charge is 2.30. The Morgan fingerprint density at radius 2 is 1.96 bits per heavy atom. The molecular formula is C18H21NO3S. The summed E-state index contributed by atoms with van der Waals surface area (Å²) in [4.78, 5) is 15.6. The van der Waals surface area contributed by atoms with Crippen molar-refractivity contribution < 1.29 is 14.3 Å². The van der Waals surface area contributed by atoms with E-state index < -0.39 is 0 Å². The third kappa shape index (κ3) is 2.70. The second-order valence-electron chi connectivity index (χ2n) is 5.76. The molecule has 1 aromatic heterocycles. The van der Waals surface area contributed by atoms with E-state index in [2.05, 4.69) is 6.92 Å². The van der Waals surface area contributed by atoms with Gasteiger partial charge in [-0.25, -0.2) is 0 Å². The standard InChI is InChI=1S/C18H21NO3S/c1-11-6-8-23-17(11)18(20)19-7-5-13-9-15(21-3)16(22-4)10-14(13)12(19)2/h6,8-10,12H,5,7H2,1-4H3/t12-/m0/s1. The Kier molecular flexibility index (Phi) is 4.31. The minimum Gasteiger partial charge on any atom is -0.493 e. The molecule has 1 atom stereocenters. The molecule has 5 heteroatoms. The number of nitrogens with zero attached hydrogens (tertiary/aromatic N) is 1. The Balaban J connectivity index is 1.96. The molecule has 0 bridgehead atoms. The van der Waals surface area contributed by atoms with Crippen LogP contribution in [0, 0.1) is 6.92 Å². The Labute approximate surface area is 140 Å². The van der Waals surface area contributed by atoms with E-state index in [0.717, 1.165) is 34.7 Å². The third-order valence-corrected chi connectivity index (χ3v) is 5.51. The summed E-state index contributed by atoms with van der Waals surface area (Å²) < 4.78 is 10.8. The first kappa shape index (κ1) is 15.9. The molecule has 0 radical (unpaired) electrons. The quantitative estimate of drug-likeness (QED) is 0.858. The minimum absolute atomic E-state index is 0.0209. The first-order valence-electron chi connectivity index (χ1n) is 7.66. The molecule has 1 aliphatic heterocycles. The van der Waals surface area contributed by atoms with E-state index in [1.54, 1.807) is 14.2 Å². The van der Waals surface area contributed by atoms with Gasteiger partial charge in [-0.1, -0.05) is 0 Å². The van der Waals surface area contributed by atoms with Gasteiger partial charge in [-0.2, -0.15) is 0 Å². The van der Waals surface area contributed by atoms with Crippen LogP contribution in [0.2, 0.25) is 0 Å². The summed E-state index contributed by atoms with van der Waals surface area (Å²) in [5.41, 5.74) is 3.41. The lowest BCUT2D eigenvalue weighted by molar-refractivity contribution is 0.0681. The molecule has 1 amide bonds. The fraction of sp³-hybridized carbons (Fsp3) is 0.389. The van der Waals surface area contributed by atoms with E-state index in [-0.39, 0.29) is 11.9 Å². The van der Waals surface area contributed by atoms with Crippen molar-refractivity contribution >= 4 is 17.2 Å². The molecule has 122 valence electrons. The number of benzene rings is 1. The summed E-state index contributed by atoms with van der Waals surface area (Å²) in [5, 5.41) is 1.97. The molecule has 0 fully saturated rings. The molecule has 1 aliphatic rings. The minimum atomic E-state index is 0.0209. The van der Waals surface area contributed by atoms with E-state index in [0.29, 0.717) is 5.75 Å². The molecule has 23 heavy (non-hydrogen) atoms. The van der Waals surface area contributed by atoms with Gasteiger partial charge in [0.1, 0.15) is 0 Å². The smallest absolute Gasteiger partial charge is 0.264 e. The molecule has 0 saturated heterocycles. The van der Waals surface area contributed by atoms with Crippen LogP contribution in [-0.4, -0.2) is 31.6 Å². The molecule has 0 saturated carbocycles. The summed E-state index contributed by atoms with van der Waals surface area (Å²) in [5.74, 6) is 1.57. The number of hydrogen-bond donors (Lipinski definition) is 0. The fourth-order valence-electron chi connectivity index (χ4n) is 3.14. The number of fused-ring (bicyclic) bond motifs is 1. The van der Waals surface area contributed by atoms with Gasteiger partial charge < -0.3 is 14.4 Å². The summed E-state index contributed by atoms with van der Waals surface area (Å²) in [6, 6.07) is 6.05. The topological polar surface area (TPSA) is 38.8 Å². The SMILES string of the molecule is COc1cc2c(cc1OC)[C@H](C)N(C(=O)c1sccc1C)CC2. The monoisotopic (exact) mass is 331 g/mol. The number of aryl methyl sites for hydroxylation is 1. The van der Waals surface area contributed by atoms with Gasteiger partial charge in [0.05, 0.1) is 25.1 Å². The Morgan fingerprint density at radius 1 is 1.26 bits per heavy atom. The van der Waals surface area contributed by atoms with Crippen LogP contribution in [-0.2, 0) is 6.42 Å². The van der Waals surface area contributed by atoms with E-state index in [4.69, 9.17) is 9.47 Å². The second kappa shape index (κ2) is 6.24. The van der Waals surface area contributed by atoms with Crippen molar-refractivity contribution in [3.05, 3.63) is 45.1 Å². The van der Waals surface area contributed by atoms with Crippen molar-refractivity contribution in [2.45, 2.75) is 26.3 Å². The van der Waals surface area contributed by atoms with Gasteiger partial charge in [0.15, 0.2) is 11.5 Å². The molecule has 0 N–H and O–H groups in total. The van der Waals surface area contributed by atoms with Crippen molar-refractivity contribution in [1.82, 2.24) is 4.90 Å². The summed E-state index contributed by atoms with van der Waals surface area (Å²) >= 11 is 1.51. The van der Waals surface area contributed by atoms with Crippen molar-refractivity contribution in [2.75, 3.05) is 20.8 Å². The number of rotatable bonds is 3. The van der Waals surface area contributed by atoms with Gasteiger partial charge in [-0.15, -0.1) is 11.3 Å². The van der Waals surface area contributed by atoms with E-state index in [1.165, 1.54) is 16.9 Å². The van der Waals surface area contributed by atoms with Crippen LogP contribution in [0.4, 0.5) is 0 Å². The fourth-order valence-corrected chi connectivity index (χ4v) is 4.02. The van der Waals surface area contributed by atoms with E-state index in [1.807, 2.05) is 35.4 Å². The predicted molar refractivity (Wildman–Crippen MR) is 91.8 cm³/mol. The zero-order valence-corrected chi connectivity index (χ0v) is 14.7. The first-order valence-corrected chi connectivity index (χ1v) is 8.54. The van der Waals surface area contributed by atoms with Crippen LogP contribution in [0.1, 0.15) is 39.3 Å². The molecule has 4 nitrogen and oxygen atoms in total. The lowest BCUT2D eigenvalue weighted by atomic mass is 9.92. The number of methoxy groups -OCH3 is 2. The third-order valence-electron chi connectivity index (χ3n) is 4.50. The number of carbonyl (C=O) groups excluding carboxylic acids is 1. The molecule has 0 unspecified atom stereocenters. The van der Waals surface area contributed by atoms with Crippen molar-refractivity contribution in [2.24, 2.45) is 0 Å². The molecule has 2 heterocycles. The van der Waals surface area contributed by atoms with Gasteiger partial charge >= 0.3 is 0 Å². The van der Waals surface area contributed by atoms with Gasteiger partial charge in [0.25, 0.3) is 5.91 Å². The number of ether oxygens (including phenoxy) is 2. The van der Waals surface area contributed by atoms with Gasteiger partial charge in [-0.3, -0.25) is 4.79 Å². The largest absolute Gasteiger partial charge is 0.493 e. The zero-order chi connectivity index (χ0) is 16.6. The zero-order valence-electron chi connectivity index (χ0n) is 13.9. The van der Waals surface area contributed by atoms with Gasteiger partial charge in [0.2, 0.25) is 0 Å². The van der Waals surface area contributed by atoms with E-state index in [9.17, 15) is 4.79 Å². The number of amides is 1. The first-order chi connectivity index (χ1) is 11.1. The van der Waals surface area contributed by atoms with Crippen LogP contribution in [0.3, 0.4) is 0 Å². The molecular weight excluding hydrogens is 310 g/mol. The maximum atomic E-state index is 12.9. The average molecular weight is 331 g/mol. The van der Waals surface area contributed by atoms with Crippen molar-refractivity contribution in [1.29, 1.82) is 0 Å². The van der Waals surface area contributed by atoms with Gasteiger partial charge in [0, 0.05) is 6.54 Å². The lowest BCUT2D eigenvalue weighted by Gasteiger charge is -2.35. The normalized spacial score (nSPS) is 16.9. The highest BCUT2D eigenvalue weighted by molar-refractivity contribution is 7.12. The van der Waals surface area contributed by atoms with Crippen LogP contribution in [0.5, 0.6) is 11.5 Å². The lowest BCUT2D eigenvalue weighted by Crippen LogP contribution is -2.38. The Bertz CT molecular complexity index is 738. The van der Waals surface area contributed by atoms with Gasteiger partial charge in [-0.05, 0) is 60.5 Å². The highest BCUT2D eigenvalue weighted by atomic mass is 32.1. The molecule has 3 rings (SSSR count). The maximum absolute atomic E-state index is 12.9. The number of carbonyl (C=O) groups is 1. The maximum Gasteiger partial charge on any atom is 0.264 e. The molecule has 2 aromatic rings. The predicted octanol–water partition coefficient (Wildman–Crippen LogP) is 3.83. The van der Waals surface area contributed by atoms with Crippen LogP contribution in [0.15, 0.2) is 23.6 Å². The second-order valence-corrected chi connectivity index (χ2v) is 6.68. The van der Waals surface area contributed by atoms with Crippen molar-refractivity contribution in [3.8, 4) is 11.5 Å². The molecule has 0 spiro atoms. The number of hydrogen-bond acceptors (Lipinski definition) is 4. The van der Waals surface area contributed by atoms with Crippen LogP contribution in [0.25, 0.3) is 0 Å². The highest BCUT2D eigenvalue weighted by Crippen LogP contribution is 2.38. The number of thiophene rings is 1. The van der Waals surface area contributed by atoms with Crippen molar-refractivity contribution in [3.63, 3.8) is 0 Å². The summed E-state index contributed by atoms with van der Waals surface area (Å²) in [7, 11) is 3.28. The molecule has 0 aliphatic carbocycles. The average Bonchev–Trinajstić information content (AvgIpc) is 2.99. The summed E-state index contributed by atoms with van der Waals surface area (Å²) in [6.45, 7) is 4.78. The van der Waals surface area contributed by atoms with Crippen LogP contribution >= 0.6 is 11.3 Å². The Morgan fingerprint density at radius 3 is 2.57 bits per heavy atom. The Hall–Kier alpha value is -2.01.